The number of hydrogen-bond donors (Lipinski definition) is 0. The standard InChI is InChI=1S/C30H14ClN9O2/c31-27-34-30-39-28(32-25(36-39)17-9-5-13-21-23(17)15-7-1-3-11-19(15)41-21)38-29(40(30)37-27)33-26(35-38)18-10-6-14-22-24(18)16-8-2-4-12-20(16)42-22/h1-14H. The Labute approximate surface area is 238 Å². The van der Waals surface area contributed by atoms with Crippen LogP contribution in [0.25, 0.3) is 84.0 Å². The summed E-state index contributed by atoms with van der Waals surface area (Å²) in [7, 11) is 0. The largest absolute Gasteiger partial charge is 0.456 e. The van der Waals surface area contributed by atoms with Gasteiger partial charge in [0.1, 0.15) is 22.3 Å². The van der Waals surface area contributed by atoms with Crippen molar-refractivity contribution in [2.24, 2.45) is 0 Å². The van der Waals surface area contributed by atoms with E-state index >= 15 is 0 Å². The van der Waals surface area contributed by atoms with Crippen LogP contribution in [0.15, 0.2) is 93.8 Å². The topological polar surface area (TPSA) is 117 Å². The van der Waals surface area contributed by atoms with Crippen molar-refractivity contribution < 1.29 is 8.83 Å². The number of aromatic nitrogens is 9. The molecule has 0 aliphatic rings. The molecule has 12 heteroatoms. The minimum atomic E-state index is 0.0526. The first-order valence-electron chi connectivity index (χ1n) is 13.1. The van der Waals surface area contributed by atoms with E-state index in [1.165, 1.54) is 4.52 Å². The zero-order valence-corrected chi connectivity index (χ0v) is 22.1. The summed E-state index contributed by atoms with van der Waals surface area (Å²) in [5.41, 5.74) is 4.70. The molecule has 0 unspecified atom stereocenters. The molecule has 4 aromatic carbocycles. The van der Waals surface area contributed by atoms with Crippen molar-refractivity contribution in [3.63, 3.8) is 0 Å². The van der Waals surface area contributed by atoms with Gasteiger partial charge in [-0.2, -0.15) is 28.5 Å². The van der Waals surface area contributed by atoms with Crippen molar-refractivity contribution in [3.05, 3.63) is 90.2 Å². The van der Waals surface area contributed by atoms with Crippen LogP contribution in [0.1, 0.15) is 0 Å². The van der Waals surface area contributed by atoms with Crippen LogP contribution >= 0.6 is 11.6 Å². The molecule has 42 heavy (non-hydrogen) atoms. The van der Waals surface area contributed by atoms with Crippen LogP contribution in [-0.4, -0.2) is 43.8 Å². The molecular weight excluding hydrogens is 554 g/mol. The monoisotopic (exact) mass is 567 g/mol. The molecule has 198 valence electrons. The third-order valence-electron chi connectivity index (χ3n) is 7.60. The van der Waals surface area contributed by atoms with Gasteiger partial charge in [-0.05, 0) is 35.9 Å². The summed E-state index contributed by atoms with van der Waals surface area (Å²) in [6.07, 6.45) is 0. The van der Waals surface area contributed by atoms with Gasteiger partial charge >= 0.3 is 0 Å². The Morgan fingerprint density at radius 2 is 0.929 bits per heavy atom. The smallest absolute Gasteiger partial charge is 0.261 e. The molecule has 0 radical (unpaired) electrons. The summed E-state index contributed by atoms with van der Waals surface area (Å²) in [5, 5.41) is 18.0. The zero-order chi connectivity index (χ0) is 27.5. The molecular formula is C30H14ClN9O2. The van der Waals surface area contributed by atoms with Gasteiger partial charge in [-0.15, -0.1) is 15.3 Å². The lowest BCUT2D eigenvalue weighted by Gasteiger charge is -1.97. The molecule has 10 rings (SSSR count). The first-order chi connectivity index (χ1) is 20.7. The summed E-state index contributed by atoms with van der Waals surface area (Å²) in [6, 6.07) is 27.5. The van der Waals surface area contributed by atoms with E-state index in [2.05, 4.69) is 10.1 Å². The summed E-state index contributed by atoms with van der Waals surface area (Å²) in [5.74, 6) is 2.10. The molecule has 0 aliphatic carbocycles. The molecule has 11 nitrogen and oxygen atoms in total. The zero-order valence-electron chi connectivity index (χ0n) is 21.3. The van der Waals surface area contributed by atoms with Gasteiger partial charge in [0.15, 0.2) is 11.6 Å². The average molecular weight is 568 g/mol. The van der Waals surface area contributed by atoms with E-state index in [9.17, 15) is 0 Å². The Morgan fingerprint density at radius 3 is 1.48 bits per heavy atom. The van der Waals surface area contributed by atoms with Crippen molar-refractivity contribution in [1.82, 2.24) is 43.8 Å². The molecule has 0 atom stereocenters. The Morgan fingerprint density at radius 1 is 0.476 bits per heavy atom. The van der Waals surface area contributed by atoms with Crippen LogP contribution < -0.4 is 0 Å². The van der Waals surface area contributed by atoms with E-state index in [1.807, 2.05) is 84.9 Å². The van der Waals surface area contributed by atoms with Gasteiger partial charge in [0.2, 0.25) is 5.28 Å². The predicted octanol–water partition coefficient (Wildman–Crippen LogP) is 6.60. The Bertz CT molecular complexity index is 2540. The molecule has 6 heterocycles. The molecule has 0 aliphatic heterocycles. The lowest BCUT2D eigenvalue weighted by Crippen LogP contribution is -2.06. The van der Waals surface area contributed by atoms with E-state index in [0.717, 1.165) is 55.0 Å². The number of para-hydroxylation sites is 2. The molecule has 0 spiro atoms. The third-order valence-corrected chi connectivity index (χ3v) is 7.76. The maximum Gasteiger partial charge on any atom is 0.261 e. The van der Waals surface area contributed by atoms with Gasteiger partial charge in [-0.1, -0.05) is 60.7 Å². The van der Waals surface area contributed by atoms with Gasteiger partial charge < -0.3 is 8.83 Å². The second kappa shape index (κ2) is 7.68. The average Bonchev–Trinajstić information content (AvgIpc) is 3.82. The van der Waals surface area contributed by atoms with Gasteiger partial charge in [-0.25, -0.2) is 0 Å². The molecule has 0 bridgehead atoms. The van der Waals surface area contributed by atoms with Crippen LogP contribution in [0.2, 0.25) is 5.28 Å². The second-order valence-electron chi connectivity index (χ2n) is 9.94. The van der Waals surface area contributed by atoms with Crippen molar-refractivity contribution >= 4 is 72.8 Å². The number of fused-ring (bicyclic) bond motifs is 12. The van der Waals surface area contributed by atoms with Gasteiger partial charge in [0.05, 0.1) is 0 Å². The number of benzene rings is 4. The number of halogens is 1. The lowest BCUT2D eigenvalue weighted by molar-refractivity contribution is 0.668. The van der Waals surface area contributed by atoms with Crippen LogP contribution in [0, 0.1) is 0 Å². The highest BCUT2D eigenvalue weighted by Crippen LogP contribution is 2.37. The SMILES string of the molecule is Clc1nc2n(n1)c1nc(-c3cccc4oc5ccccc5c34)nn1c1nc(-c3cccc4oc5ccccc5c34)nn21. The molecule has 0 fully saturated rings. The quantitative estimate of drug-likeness (QED) is 0.229. The summed E-state index contributed by atoms with van der Waals surface area (Å²) < 4.78 is 16.9. The molecule has 0 N–H and O–H groups in total. The minimum Gasteiger partial charge on any atom is -0.456 e. The van der Waals surface area contributed by atoms with Crippen LogP contribution in [0.3, 0.4) is 0 Å². The minimum absolute atomic E-state index is 0.0526. The predicted molar refractivity (Wildman–Crippen MR) is 157 cm³/mol. The normalized spacial score (nSPS) is 12.4. The van der Waals surface area contributed by atoms with Crippen LogP contribution in [0.5, 0.6) is 0 Å². The highest BCUT2D eigenvalue weighted by atomic mass is 35.5. The number of rotatable bonds is 2. The summed E-state index contributed by atoms with van der Waals surface area (Å²) >= 11 is 6.30. The van der Waals surface area contributed by atoms with E-state index in [0.29, 0.717) is 29.0 Å². The van der Waals surface area contributed by atoms with E-state index in [-0.39, 0.29) is 5.28 Å². The number of nitrogens with zero attached hydrogens (tertiary/aromatic N) is 9. The van der Waals surface area contributed by atoms with Crippen LogP contribution in [0.4, 0.5) is 0 Å². The fraction of sp³-hybridized carbons (Fsp3) is 0. The van der Waals surface area contributed by atoms with Crippen molar-refractivity contribution in [3.8, 4) is 22.8 Å². The van der Waals surface area contributed by atoms with Gasteiger partial charge in [0.25, 0.3) is 17.3 Å². The summed E-state index contributed by atoms with van der Waals surface area (Å²) in [6.45, 7) is 0. The number of hydrogen-bond acceptors (Lipinski definition) is 8. The molecule has 0 amide bonds. The van der Waals surface area contributed by atoms with E-state index in [1.54, 1.807) is 9.03 Å². The van der Waals surface area contributed by atoms with Crippen molar-refractivity contribution in [2.45, 2.75) is 0 Å². The van der Waals surface area contributed by atoms with E-state index < -0.39 is 0 Å². The first kappa shape index (κ1) is 21.9. The second-order valence-corrected chi connectivity index (χ2v) is 10.3. The molecule has 10 aromatic rings. The maximum atomic E-state index is 6.30. The fourth-order valence-electron chi connectivity index (χ4n) is 5.85. The highest BCUT2D eigenvalue weighted by Gasteiger charge is 2.24. The highest BCUT2D eigenvalue weighted by molar-refractivity contribution is 6.28. The first-order valence-corrected chi connectivity index (χ1v) is 13.5. The van der Waals surface area contributed by atoms with Crippen molar-refractivity contribution in [2.75, 3.05) is 0 Å². The lowest BCUT2D eigenvalue weighted by atomic mass is 10.1. The van der Waals surface area contributed by atoms with Gasteiger partial charge in [-0.3, -0.25) is 0 Å². The molecule has 0 saturated carbocycles. The molecule has 0 saturated heterocycles. The third kappa shape index (κ3) is 2.79. The Kier molecular flexibility index (Phi) is 4.01. The summed E-state index contributed by atoms with van der Waals surface area (Å²) in [4.78, 5) is 14.3. The Balaban J connectivity index is 1.29. The van der Waals surface area contributed by atoms with Gasteiger partial charge in [0, 0.05) is 32.7 Å². The van der Waals surface area contributed by atoms with Crippen molar-refractivity contribution in [1.29, 1.82) is 0 Å². The van der Waals surface area contributed by atoms with Crippen LogP contribution in [-0.2, 0) is 0 Å². The fourth-order valence-corrected chi connectivity index (χ4v) is 6.00. The number of furan rings is 2. The Hall–Kier alpha value is -5.81. The van der Waals surface area contributed by atoms with E-state index in [4.69, 9.17) is 40.6 Å². The maximum absolute atomic E-state index is 6.30. The molecule has 6 aromatic heterocycles.